The van der Waals surface area contributed by atoms with E-state index < -0.39 is 0 Å². The Labute approximate surface area is 170 Å². The molecule has 4 rings (SSSR count). The predicted molar refractivity (Wildman–Crippen MR) is 115 cm³/mol. The maximum atomic E-state index is 5.68. The van der Waals surface area contributed by atoms with Crippen molar-refractivity contribution in [2.45, 2.75) is 0 Å². The average Bonchev–Trinajstić information content (AvgIpc) is 2.74. The topological polar surface area (TPSA) is 71.5 Å². The van der Waals surface area contributed by atoms with Crippen LogP contribution in [-0.4, -0.2) is 55.3 Å². The lowest BCUT2D eigenvalue weighted by atomic mass is 10.1. The highest BCUT2D eigenvalue weighted by Crippen LogP contribution is 2.34. The fraction of sp³-hybridized carbons (Fsp3) is 0.273. The van der Waals surface area contributed by atoms with Crippen molar-refractivity contribution in [3.8, 4) is 22.8 Å². The molecule has 0 unspecified atom stereocenters. The molecule has 0 radical (unpaired) electrons. The number of nitrogens with zero attached hydrogens (tertiary/aromatic N) is 3. The summed E-state index contributed by atoms with van der Waals surface area (Å²) < 4.78 is 11.3. The van der Waals surface area contributed by atoms with Crippen molar-refractivity contribution in [1.82, 2.24) is 14.9 Å². The van der Waals surface area contributed by atoms with Gasteiger partial charge in [-0.2, -0.15) is 4.98 Å². The van der Waals surface area contributed by atoms with Crippen LogP contribution in [0.1, 0.15) is 0 Å². The first-order chi connectivity index (χ1) is 14.2. The quantitative estimate of drug-likeness (QED) is 0.637. The number of likely N-dealkylation sites (N-methyl/N-ethyl adjacent to an activating group) is 1. The zero-order chi connectivity index (χ0) is 20.1. The lowest BCUT2D eigenvalue weighted by molar-refractivity contribution is 0.171. The molecule has 0 fully saturated rings. The van der Waals surface area contributed by atoms with Crippen LogP contribution in [0.3, 0.4) is 0 Å². The smallest absolute Gasteiger partial charge is 0.225 e. The van der Waals surface area contributed by atoms with E-state index in [2.05, 4.69) is 25.5 Å². The Morgan fingerprint density at radius 3 is 2.52 bits per heavy atom. The van der Waals surface area contributed by atoms with Gasteiger partial charge in [0.25, 0.3) is 0 Å². The average molecular weight is 391 g/mol. The molecule has 0 aliphatic carbocycles. The van der Waals surface area contributed by atoms with Gasteiger partial charge in [-0.15, -0.1) is 0 Å². The number of hydrogen-bond donors (Lipinski definition) is 2. The van der Waals surface area contributed by atoms with Gasteiger partial charge in [-0.25, -0.2) is 4.98 Å². The maximum Gasteiger partial charge on any atom is 0.225 e. The van der Waals surface area contributed by atoms with Crippen molar-refractivity contribution < 1.29 is 9.47 Å². The number of nitrogens with one attached hydrogen (secondary N) is 2. The Balaban J connectivity index is 1.61. The first kappa shape index (κ1) is 19.0. The fourth-order valence-electron chi connectivity index (χ4n) is 3.01. The summed E-state index contributed by atoms with van der Waals surface area (Å²) in [6, 6.07) is 17.8. The van der Waals surface area contributed by atoms with Gasteiger partial charge in [-0.1, -0.05) is 30.3 Å². The van der Waals surface area contributed by atoms with Crippen molar-refractivity contribution in [1.29, 1.82) is 0 Å². The van der Waals surface area contributed by atoms with Gasteiger partial charge >= 0.3 is 0 Å². The van der Waals surface area contributed by atoms with E-state index in [0.717, 1.165) is 41.5 Å². The highest BCUT2D eigenvalue weighted by atomic mass is 16.6. The summed E-state index contributed by atoms with van der Waals surface area (Å²) in [5.74, 6) is 2.81. The molecule has 0 saturated heterocycles. The monoisotopic (exact) mass is 391 g/mol. The van der Waals surface area contributed by atoms with E-state index in [9.17, 15) is 0 Å². The molecule has 2 heterocycles. The minimum Gasteiger partial charge on any atom is -0.486 e. The molecular weight excluding hydrogens is 366 g/mol. The molecule has 1 aliphatic heterocycles. The molecule has 1 aliphatic rings. The van der Waals surface area contributed by atoms with Gasteiger partial charge in [-0.3, -0.25) is 0 Å². The molecule has 2 aromatic carbocycles. The van der Waals surface area contributed by atoms with E-state index in [1.54, 1.807) is 0 Å². The highest BCUT2D eigenvalue weighted by Gasteiger charge is 2.13. The molecular formula is C22H25N5O2. The van der Waals surface area contributed by atoms with Crippen LogP contribution in [0.4, 0.5) is 17.5 Å². The van der Waals surface area contributed by atoms with Crippen LogP contribution < -0.4 is 20.1 Å². The van der Waals surface area contributed by atoms with E-state index in [0.29, 0.717) is 25.0 Å². The van der Waals surface area contributed by atoms with Gasteiger partial charge in [0.2, 0.25) is 5.95 Å². The number of benzene rings is 2. The van der Waals surface area contributed by atoms with E-state index in [4.69, 9.17) is 9.47 Å². The van der Waals surface area contributed by atoms with Crippen LogP contribution in [0.5, 0.6) is 11.5 Å². The van der Waals surface area contributed by atoms with Gasteiger partial charge in [-0.05, 0) is 26.2 Å². The van der Waals surface area contributed by atoms with Crippen LogP contribution in [0.25, 0.3) is 11.3 Å². The largest absolute Gasteiger partial charge is 0.486 e. The Kier molecular flexibility index (Phi) is 5.76. The van der Waals surface area contributed by atoms with Crippen LogP contribution in [0, 0.1) is 0 Å². The molecule has 0 amide bonds. The highest BCUT2D eigenvalue weighted by molar-refractivity contribution is 5.68. The lowest BCUT2D eigenvalue weighted by Crippen LogP contribution is -2.21. The SMILES string of the molecule is CN(C)CCNc1nc(Nc2ccc3c(c2)OCCO3)cc(-c2ccccc2)n1. The molecule has 7 nitrogen and oxygen atoms in total. The van der Waals surface area contributed by atoms with Crippen LogP contribution in [-0.2, 0) is 0 Å². The molecule has 0 spiro atoms. The van der Waals surface area contributed by atoms with Gasteiger partial charge in [0.1, 0.15) is 19.0 Å². The third-order valence-corrected chi connectivity index (χ3v) is 4.45. The molecule has 0 saturated carbocycles. The second kappa shape index (κ2) is 8.79. The summed E-state index contributed by atoms with van der Waals surface area (Å²) in [7, 11) is 4.08. The second-order valence-corrected chi connectivity index (χ2v) is 7.04. The minimum atomic E-state index is 0.558. The first-order valence-electron chi connectivity index (χ1n) is 9.67. The Morgan fingerprint density at radius 1 is 0.931 bits per heavy atom. The van der Waals surface area contributed by atoms with Crippen molar-refractivity contribution in [2.24, 2.45) is 0 Å². The summed E-state index contributed by atoms with van der Waals surface area (Å²) in [6.45, 7) is 2.79. The number of ether oxygens (including phenoxy) is 2. The van der Waals surface area contributed by atoms with Gasteiger partial charge < -0.3 is 25.0 Å². The molecule has 2 N–H and O–H groups in total. The second-order valence-electron chi connectivity index (χ2n) is 7.04. The fourth-order valence-corrected chi connectivity index (χ4v) is 3.01. The Hall–Kier alpha value is -3.32. The van der Waals surface area contributed by atoms with Gasteiger partial charge in [0.15, 0.2) is 11.5 Å². The Bertz CT molecular complexity index is 963. The van der Waals surface area contributed by atoms with Gasteiger partial charge in [0.05, 0.1) is 5.69 Å². The van der Waals surface area contributed by atoms with Crippen LogP contribution in [0.15, 0.2) is 54.6 Å². The number of anilines is 3. The zero-order valence-electron chi connectivity index (χ0n) is 16.7. The third kappa shape index (κ3) is 4.94. The number of rotatable bonds is 7. The number of hydrogen-bond acceptors (Lipinski definition) is 7. The summed E-state index contributed by atoms with van der Waals surface area (Å²) in [4.78, 5) is 11.4. The normalized spacial score (nSPS) is 12.7. The van der Waals surface area contributed by atoms with Crippen molar-refractivity contribution in [2.75, 3.05) is 51.0 Å². The predicted octanol–water partition coefficient (Wildman–Crippen LogP) is 3.63. The molecule has 3 aromatic rings. The third-order valence-electron chi connectivity index (χ3n) is 4.45. The summed E-state index contributed by atoms with van der Waals surface area (Å²) in [6.07, 6.45) is 0. The summed E-state index contributed by atoms with van der Waals surface area (Å²) in [5.41, 5.74) is 2.77. The van der Waals surface area contributed by atoms with E-state index in [-0.39, 0.29) is 0 Å². The first-order valence-corrected chi connectivity index (χ1v) is 9.67. The maximum absolute atomic E-state index is 5.68. The lowest BCUT2D eigenvalue weighted by Gasteiger charge is -2.19. The molecule has 7 heteroatoms. The molecule has 1 aromatic heterocycles. The van der Waals surface area contributed by atoms with Crippen LogP contribution in [0.2, 0.25) is 0 Å². The Morgan fingerprint density at radius 2 is 1.72 bits per heavy atom. The number of aromatic nitrogens is 2. The van der Waals surface area contributed by atoms with Gasteiger partial charge in [0, 0.05) is 36.5 Å². The van der Waals surface area contributed by atoms with Crippen LogP contribution >= 0.6 is 0 Å². The van der Waals surface area contributed by atoms with Crippen molar-refractivity contribution >= 4 is 17.5 Å². The molecule has 0 bridgehead atoms. The summed E-state index contributed by atoms with van der Waals surface area (Å²) >= 11 is 0. The molecule has 29 heavy (non-hydrogen) atoms. The molecule has 150 valence electrons. The standard InChI is InChI=1S/C22H25N5O2/c1-27(2)11-10-23-22-25-18(16-6-4-3-5-7-16)15-21(26-22)24-17-8-9-19-20(14-17)29-13-12-28-19/h3-9,14-15H,10-13H2,1-2H3,(H2,23,24,25,26). The summed E-state index contributed by atoms with van der Waals surface area (Å²) in [5, 5.41) is 6.68. The zero-order valence-corrected chi connectivity index (χ0v) is 16.7. The molecule has 0 atom stereocenters. The van der Waals surface area contributed by atoms with E-state index >= 15 is 0 Å². The van der Waals surface area contributed by atoms with E-state index in [1.165, 1.54) is 0 Å². The van der Waals surface area contributed by atoms with E-state index in [1.807, 2.05) is 68.7 Å². The van der Waals surface area contributed by atoms with Crippen molar-refractivity contribution in [3.05, 3.63) is 54.6 Å². The minimum absolute atomic E-state index is 0.558. The number of fused-ring (bicyclic) bond motifs is 1. The van der Waals surface area contributed by atoms with Crippen molar-refractivity contribution in [3.63, 3.8) is 0 Å².